The zero-order chi connectivity index (χ0) is 21.0. The molecule has 0 unspecified atom stereocenters. The highest BCUT2D eigenvalue weighted by Crippen LogP contribution is 2.39. The zero-order valence-corrected chi connectivity index (χ0v) is 19.9. The lowest BCUT2D eigenvalue weighted by Gasteiger charge is -2.14. The van der Waals surface area contributed by atoms with Crippen LogP contribution in [0.15, 0.2) is 50.2 Å². The monoisotopic (exact) mass is 539 g/mol. The van der Waals surface area contributed by atoms with Crippen LogP contribution in [0.2, 0.25) is 0 Å². The molecule has 5 nitrogen and oxygen atoms in total. The van der Waals surface area contributed by atoms with E-state index in [-0.39, 0.29) is 17.7 Å². The Morgan fingerprint density at radius 3 is 2.38 bits per heavy atom. The van der Waals surface area contributed by atoms with Gasteiger partial charge in [-0.05, 0) is 83.0 Å². The van der Waals surface area contributed by atoms with Crippen molar-refractivity contribution < 1.29 is 19.1 Å². The Hall–Kier alpha value is -1.77. The van der Waals surface area contributed by atoms with Crippen molar-refractivity contribution in [3.8, 4) is 11.5 Å². The van der Waals surface area contributed by atoms with Gasteiger partial charge in [-0.2, -0.15) is 0 Å². The molecule has 1 fully saturated rings. The van der Waals surface area contributed by atoms with Crippen molar-refractivity contribution in [1.29, 1.82) is 0 Å². The molecule has 1 aliphatic rings. The Bertz CT molecular complexity index is 960. The van der Waals surface area contributed by atoms with Gasteiger partial charge in [-0.15, -0.1) is 0 Å². The average Bonchev–Trinajstić information content (AvgIpc) is 2.94. The second-order valence-corrected chi connectivity index (χ2v) is 8.85. The summed E-state index contributed by atoms with van der Waals surface area (Å²) in [4.78, 5) is 26.8. The molecule has 2 aromatic carbocycles. The maximum Gasteiger partial charge on any atom is 0.293 e. The van der Waals surface area contributed by atoms with Crippen molar-refractivity contribution in [2.45, 2.75) is 20.4 Å². The third-order valence-electron chi connectivity index (χ3n) is 4.05. The summed E-state index contributed by atoms with van der Waals surface area (Å²) in [6.07, 6.45) is 1.70. The van der Waals surface area contributed by atoms with E-state index in [2.05, 4.69) is 31.9 Å². The fourth-order valence-electron chi connectivity index (χ4n) is 2.78. The van der Waals surface area contributed by atoms with Crippen molar-refractivity contribution in [3.05, 3.63) is 61.4 Å². The first kappa shape index (κ1) is 21.9. The Balaban J connectivity index is 1.86. The minimum Gasteiger partial charge on any atom is -0.490 e. The summed E-state index contributed by atoms with van der Waals surface area (Å²) in [6.45, 7) is 5.03. The summed E-state index contributed by atoms with van der Waals surface area (Å²) in [5.41, 5.74) is 1.64. The van der Waals surface area contributed by atoms with Gasteiger partial charge in [-0.1, -0.05) is 28.1 Å². The van der Waals surface area contributed by atoms with E-state index in [9.17, 15) is 9.59 Å². The number of carbonyl (C=O) groups excluding carboxylic acids is 2. The van der Waals surface area contributed by atoms with E-state index in [1.807, 2.05) is 50.2 Å². The van der Waals surface area contributed by atoms with Crippen molar-refractivity contribution in [3.63, 3.8) is 0 Å². The Kier molecular flexibility index (Phi) is 7.43. The summed E-state index contributed by atoms with van der Waals surface area (Å²) in [5, 5.41) is -0.279. The summed E-state index contributed by atoms with van der Waals surface area (Å²) < 4.78 is 13.0. The van der Waals surface area contributed by atoms with Crippen LogP contribution in [0.25, 0.3) is 6.08 Å². The van der Waals surface area contributed by atoms with Crippen molar-refractivity contribution in [1.82, 2.24) is 4.90 Å². The van der Waals surface area contributed by atoms with Gasteiger partial charge in [0.25, 0.3) is 11.1 Å². The summed E-state index contributed by atoms with van der Waals surface area (Å²) in [7, 11) is 0. The van der Waals surface area contributed by atoms with Crippen LogP contribution in [0.3, 0.4) is 0 Å². The third kappa shape index (κ3) is 5.24. The molecule has 0 radical (unpaired) electrons. The molecule has 29 heavy (non-hydrogen) atoms. The number of ether oxygens (including phenoxy) is 2. The van der Waals surface area contributed by atoms with Crippen LogP contribution in [-0.4, -0.2) is 29.3 Å². The van der Waals surface area contributed by atoms with Gasteiger partial charge in [0.1, 0.15) is 0 Å². The maximum atomic E-state index is 12.8. The maximum absolute atomic E-state index is 12.8. The van der Waals surface area contributed by atoms with E-state index in [0.29, 0.717) is 29.6 Å². The van der Waals surface area contributed by atoms with Crippen molar-refractivity contribution in [2.75, 3.05) is 13.2 Å². The number of thioether (sulfide) groups is 1. The summed E-state index contributed by atoms with van der Waals surface area (Å²) in [6, 6.07) is 11.2. The van der Waals surface area contributed by atoms with E-state index >= 15 is 0 Å². The number of imide groups is 1. The lowest BCUT2D eigenvalue weighted by atomic mass is 10.1. The van der Waals surface area contributed by atoms with E-state index < -0.39 is 0 Å². The van der Waals surface area contributed by atoms with Gasteiger partial charge >= 0.3 is 0 Å². The molecule has 0 aliphatic carbocycles. The van der Waals surface area contributed by atoms with Gasteiger partial charge < -0.3 is 9.47 Å². The molecule has 1 heterocycles. The lowest BCUT2D eigenvalue weighted by molar-refractivity contribution is -0.123. The molecule has 152 valence electrons. The number of halogens is 2. The van der Waals surface area contributed by atoms with Gasteiger partial charge in [0, 0.05) is 4.47 Å². The topological polar surface area (TPSA) is 55.8 Å². The SMILES string of the molecule is CCOc1cc(/C=C2\SC(=O)N(Cc3ccc(Br)cc3)C2=O)cc(Br)c1OCC. The molecular formula is C21H19Br2NO4S. The predicted octanol–water partition coefficient (Wildman–Crippen LogP) is 6.25. The number of benzene rings is 2. The van der Waals surface area contributed by atoms with E-state index in [0.717, 1.165) is 31.8 Å². The molecule has 0 aromatic heterocycles. The minimum atomic E-state index is -0.300. The van der Waals surface area contributed by atoms with Gasteiger partial charge in [0.2, 0.25) is 0 Å². The van der Waals surface area contributed by atoms with Crippen LogP contribution >= 0.6 is 43.6 Å². The smallest absolute Gasteiger partial charge is 0.293 e. The second kappa shape index (κ2) is 9.82. The predicted molar refractivity (Wildman–Crippen MR) is 122 cm³/mol. The molecule has 2 aromatic rings. The first-order chi connectivity index (χ1) is 13.9. The second-order valence-electron chi connectivity index (χ2n) is 6.09. The van der Waals surface area contributed by atoms with Crippen LogP contribution in [0.5, 0.6) is 11.5 Å². The van der Waals surface area contributed by atoms with Crippen LogP contribution in [0, 0.1) is 0 Å². The fraction of sp³-hybridized carbons (Fsp3) is 0.238. The Morgan fingerprint density at radius 1 is 1.03 bits per heavy atom. The van der Waals surface area contributed by atoms with Gasteiger partial charge in [-0.25, -0.2) is 0 Å². The first-order valence-electron chi connectivity index (χ1n) is 9.01. The highest BCUT2D eigenvalue weighted by molar-refractivity contribution is 9.10. The first-order valence-corrected chi connectivity index (χ1v) is 11.4. The molecule has 1 saturated heterocycles. The molecule has 1 aliphatic heterocycles. The Morgan fingerprint density at radius 2 is 1.72 bits per heavy atom. The fourth-order valence-corrected chi connectivity index (χ4v) is 4.46. The zero-order valence-electron chi connectivity index (χ0n) is 15.9. The highest BCUT2D eigenvalue weighted by atomic mass is 79.9. The molecule has 0 N–H and O–H groups in total. The number of rotatable bonds is 7. The molecule has 0 saturated carbocycles. The normalized spacial score (nSPS) is 15.3. The minimum absolute atomic E-state index is 0.243. The van der Waals surface area contributed by atoms with Crippen molar-refractivity contribution >= 4 is 60.8 Å². The van der Waals surface area contributed by atoms with Crippen LogP contribution in [0.4, 0.5) is 4.79 Å². The molecular weight excluding hydrogens is 522 g/mol. The molecule has 0 spiro atoms. The number of hydrogen-bond acceptors (Lipinski definition) is 5. The quantitative estimate of drug-likeness (QED) is 0.389. The molecule has 0 atom stereocenters. The standard InChI is InChI=1S/C21H19Br2NO4S/c1-3-27-17-10-14(9-16(23)19(17)28-4-2)11-18-20(25)24(21(26)29-18)12-13-5-7-15(22)8-6-13/h5-11H,3-4,12H2,1-2H3/b18-11-. The molecule has 8 heteroatoms. The summed E-state index contributed by atoms with van der Waals surface area (Å²) >= 11 is 7.82. The molecule has 2 amide bonds. The molecule has 0 bridgehead atoms. The number of nitrogens with zero attached hydrogens (tertiary/aromatic N) is 1. The number of amides is 2. The highest BCUT2D eigenvalue weighted by Gasteiger charge is 2.35. The summed E-state index contributed by atoms with van der Waals surface area (Å²) in [5.74, 6) is 0.907. The lowest BCUT2D eigenvalue weighted by Crippen LogP contribution is -2.27. The van der Waals surface area contributed by atoms with Gasteiger partial charge in [0.05, 0.1) is 29.1 Å². The Labute approximate surface area is 190 Å². The van der Waals surface area contributed by atoms with Crippen LogP contribution in [0.1, 0.15) is 25.0 Å². The largest absolute Gasteiger partial charge is 0.490 e. The van der Waals surface area contributed by atoms with E-state index in [4.69, 9.17) is 9.47 Å². The van der Waals surface area contributed by atoms with Crippen molar-refractivity contribution in [2.24, 2.45) is 0 Å². The van der Waals surface area contributed by atoms with Gasteiger partial charge in [0.15, 0.2) is 11.5 Å². The third-order valence-corrected chi connectivity index (χ3v) is 6.07. The van der Waals surface area contributed by atoms with Gasteiger partial charge in [-0.3, -0.25) is 14.5 Å². The van der Waals surface area contributed by atoms with Crippen LogP contribution < -0.4 is 9.47 Å². The van der Waals surface area contributed by atoms with Crippen LogP contribution in [-0.2, 0) is 11.3 Å². The van der Waals surface area contributed by atoms with E-state index in [1.165, 1.54) is 4.90 Å². The van der Waals surface area contributed by atoms with E-state index in [1.54, 1.807) is 6.08 Å². The number of carbonyl (C=O) groups is 2. The number of hydrogen-bond donors (Lipinski definition) is 0. The average molecular weight is 541 g/mol. The molecule has 3 rings (SSSR count).